The molecule has 1 aliphatic heterocycles. The van der Waals surface area contributed by atoms with Gasteiger partial charge in [-0.15, -0.1) is 11.8 Å². The van der Waals surface area contributed by atoms with E-state index in [1.807, 2.05) is 69.3 Å². The molecule has 0 spiro atoms. The van der Waals surface area contributed by atoms with Crippen LogP contribution in [0.25, 0.3) is 0 Å². The molecule has 56 heavy (non-hydrogen) atoms. The van der Waals surface area contributed by atoms with Gasteiger partial charge < -0.3 is 30.2 Å². The lowest BCUT2D eigenvalue weighted by atomic mass is 9.84. The average Bonchev–Trinajstić information content (AvgIpc) is 3.61. The average molecular weight is 780 g/mol. The second kappa shape index (κ2) is 20.5. The molecule has 4 aromatic carbocycles. The van der Waals surface area contributed by atoms with E-state index in [-0.39, 0.29) is 37.1 Å². The fourth-order valence-electron chi connectivity index (χ4n) is 6.79. The van der Waals surface area contributed by atoms with E-state index in [4.69, 9.17) is 14.2 Å². The Morgan fingerprint density at radius 3 is 1.86 bits per heavy atom. The molecule has 5 atom stereocenters. The van der Waals surface area contributed by atoms with Gasteiger partial charge in [0.25, 0.3) is 0 Å². The highest BCUT2D eigenvalue weighted by Gasteiger charge is 2.38. The molecule has 1 heterocycles. The lowest BCUT2D eigenvalue weighted by Gasteiger charge is -2.37. The summed E-state index contributed by atoms with van der Waals surface area (Å²) in [5, 5.41) is 9.75. The largest absolute Gasteiger partial charge is 0.464 e. The third kappa shape index (κ3) is 11.9. The molecule has 0 saturated carbocycles. The second-order valence-electron chi connectivity index (χ2n) is 15.4. The van der Waals surface area contributed by atoms with Crippen LogP contribution in [0.5, 0.6) is 0 Å². The molecular weight excluding hydrogens is 723 g/mol. The minimum atomic E-state index is -0.825. The zero-order valence-corrected chi connectivity index (χ0v) is 34.1. The first kappa shape index (κ1) is 42.5. The van der Waals surface area contributed by atoms with Crippen molar-refractivity contribution in [2.24, 2.45) is 5.92 Å². The third-order valence-electron chi connectivity index (χ3n) is 10.0. The van der Waals surface area contributed by atoms with Gasteiger partial charge in [0.1, 0.15) is 17.7 Å². The summed E-state index contributed by atoms with van der Waals surface area (Å²) < 4.78 is 16.7. The molecule has 10 heteroatoms. The normalized spacial score (nSPS) is 16.6. The van der Waals surface area contributed by atoms with Crippen LogP contribution in [-0.2, 0) is 35.0 Å². The van der Waals surface area contributed by atoms with Gasteiger partial charge in [-0.05, 0) is 48.9 Å². The zero-order valence-electron chi connectivity index (χ0n) is 33.2. The molecule has 0 bridgehead atoms. The number of ether oxygens (including phenoxy) is 3. The van der Waals surface area contributed by atoms with Gasteiger partial charge in [-0.25, -0.2) is 9.59 Å². The topological polar surface area (TPSA) is 115 Å². The standard InChI is InChI=1S/C46H57N3O6S/c1-6-33(2)40(31-54-41(29-34-19-11-7-12-20-34)42(50)49-39-27-28-53-43(39)51)47-30-38(48-44(52)55-45(3,4)5)32-56-46(35-21-13-8-14-22-35,36-23-15-9-16-24-36)37-25-17-10-18-26-37/h7-26,33,38-41,47H,6,27-32H2,1-5H3,(H,48,52)(H,49,50)/t33-,38+,39-,40?,41?/m0/s1. The number of carbonyl (C=O) groups is 3. The number of nitrogens with one attached hydrogen (secondary N) is 3. The molecule has 5 rings (SSSR count). The fraction of sp³-hybridized carbons (Fsp3) is 0.413. The maximum Gasteiger partial charge on any atom is 0.407 e. The maximum atomic E-state index is 13.6. The van der Waals surface area contributed by atoms with Crippen LogP contribution < -0.4 is 16.0 Å². The number of thioether (sulfide) groups is 1. The van der Waals surface area contributed by atoms with Crippen molar-refractivity contribution in [2.45, 2.75) is 88.5 Å². The summed E-state index contributed by atoms with van der Waals surface area (Å²) >= 11 is 1.77. The zero-order chi connectivity index (χ0) is 40.0. The molecule has 0 aliphatic carbocycles. The summed E-state index contributed by atoms with van der Waals surface area (Å²) in [6, 6.07) is 40.0. The Balaban J connectivity index is 1.39. The maximum absolute atomic E-state index is 13.6. The van der Waals surface area contributed by atoms with Crippen LogP contribution in [0.15, 0.2) is 121 Å². The summed E-state index contributed by atoms with van der Waals surface area (Å²) in [5.41, 5.74) is 3.67. The number of cyclic esters (lactones) is 1. The Bertz CT molecular complexity index is 1710. The first-order valence-corrected chi connectivity index (χ1v) is 20.6. The fourth-order valence-corrected chi connectivity index (χ4v) is 8.35. The molecule has 1 saturated heterocycles. The van der Waals surface area contributed by atoms with E-state index >= 15 is 0 Å². The van der Waals surface area contributed by atoms with E-state index in [2.05, 4.69) is 103 Å². The summed E-state index contributed by atoms with van der Waals surface area (Å²) in [4.78, 5) is 39.2. The lowest BCUT2D eigenvalue weighted by Crippen LogP contribution is -2.51. The molecule has 298 valence electrons. The van der Waals surface area contributed by atoms with Gasteiger partial charge in [-0.3, -0.25) is 4.79 Å². The van der Waals surface area contributed by atoms with Gasteiger partial charge >= 0.3 is 12.1 Å². The van der Waals surface area contributed by atoms with Crippen molar-refractivity contribution >= 4 is 29.7 Å². The summed E-state index contributed by atoms with van der Waals surface area (Å²) in [5.74, 6) is -0.0592. The van der Waals surface area contributed by atoms with Gasteiger partial charge in [0.05, 0.1) is 24.0 Å². The van der Waals surface area contributed by atoms with Crippen LogP contribution in [0, 0.1) is 5.92 Å². The van der Waals surface area contributed by atoms with Gasteiger partial charge in [-0.2, -0.15) is 0 Å². The lowest BCUT2D eigenvalue weighted by molar-refractivity contribution is -0.143. The highest BCUT2D eigenvalue weighted by atomic mass is 32.2. The van der Waals surface area contributed by atoms with E-state index in [0.717, 1.165) is 28.7 Å². The predicted octanol–water partition coefficient (Wildman–Crippen LogP) is 7.67. The monoisotopic (exact) mass is 779 g/mol. The second-order valence-corrected chi connectivity index (χ2v) is 16.6. The highest BCUT2D eigenvalue weighted by molar-refractivity contribution is 8.00. The van der Waals surface area contributed by atoms with Crippen molar-refractivity contribution in [3.8, 4) is 0 Å². The van der Waals surface area contributed by atoms with Crippen LogP contribution >= 0.6 is 11.8 Å². The number of hydrogen-bond acceptors (Lipinski definition) is 8. The van der Waals surface area contributed by atoms with E-state index in [9.17, 15) is 14.4 Å². The molecule has 9 nitrogen and oxygen atoms in total. The molecule has 2 amide bonds. The number of hydrogen-bond donors (Lipinski definition) is 3. The van der Waals surface area contributed by atoms with E-state index < -0.39 is 34.6 Å². The Morgan fingerprint density at radius 1 is 0.839 bits per heavy atom. The first-order chi connectivity index (χ1) is 27.0. The van der Waals surface area contributed by atoms with E-state index in [1.54, 1.807) is 11.8 Å². The van der Waals surface area contributed by atoms with Crippen LogP contribution in [0.1, 0.15) is 69.7 Å². The summed E-state index contributed by atoms with van der Waals surface area (Å²) in [6.45, 7) is 10.8. The Kier molecular flexibility index (Phi) is 15.6. The minimum Gasteiger partial charge on any atom is -0.464 e. The van der Waals surface area contributed by atoms with Crippen molar-refractivity contribution in [1.82, 2.24) is 16.0 Å². The Hall–Kier alpha value is -4.64. The molecule has 3 N–H and O–H groups in total. The third-order valence-corrected chi connectivity index (χ3v) is 11.7. The molecule has 0 aromatic heterocycles. The van der Waals surface area contributed by atoms with E-state index in [0.29, 0.717) is 25.1 Å². The van der Waals surface area contributed by atoms with Crippen molar-refractivity contribution in [3.05, 3.63) is 144 Å². The van der Waals surface area contributed by atoms with Crippen molar-refractivity contribution < 1.29 is 28.6 Å². The van der Waals surface area contributed by atoms with Crippen molar-refractivity contribution in [1.29, 1.82) is 0 Å². The quantitative estimate of drug-likeness (QED) is 0.0657. The number of rotatable bonds is 19. The molecular formula is C46H57N3O6S. The highest BCUT2D eigenvalue weighted by Crippen LogP contribution is 2.48. The van der Waals surface area contributed by atoms with Gasteiger partial charge in [0.15, 0.2) is 0 Å². The molecule has 1 aliphatic rings. The summed E-state index contributed by atoms with van der Waals surface area (Å²) in [7, 11) is 0. The number of esters is 1. The molecule has 1 fully saturated rings. The summed E-state index contributed by atoms with van der Waals surface area (Å²) in [6.07, 6.45) is 0.332. The number of alkyl carbamates (subject to hydrolysis) is 1. The number of amides is 2. The number of benzene rings is 4. The van der Waals surface area contributed by atoms with Crippen LogP contribution in [0.4, 0.5) is 4.79 Å². The van der Waals surface area contributed by atoms with E-state index in [1.165, 1.54) is 0 Å². The Labute approximate surface area is 336 Å². The molecule has 0 radical (unpaired) electrons. The van der Waals surface area contributed by atoms with Crippen molar-refractivity contribution in [3.63, 3.8) is 0 Å². The van der Waals surface area contributed by atoms with Crippen LogP contribution in [0.3, 0.4) is 0 Å². The SMILES string of the molecule is CC[C@H](C)C(COC(Cc1ccccc1)C(=O)N[C@H]1CCOC1=O)NC[C@H](CSC(c1ccccc1)(c1ccccc1)c1ccccc1)NC(=O)OC(C)(C)C. The molecule has 2 unspecified atom stereocenters. The first-order valence-electron chi connectivity index (χ1n) is 19.6. The van der Waals surface area contributed by atoms with Crippen molar-refractivity contribution in [2.75, 3.05) is 25.5 Å². The Morgan fingerprint density at radius 2 is 1.38 bits per heavy atom. The van der Waals surface area contributed by atoms with Crippen LogP contribution in [-0.4, -0.2) is 73.3 Å². The smallest absolute Gasteiger partial charge is 0.407 e. The van der Waals surface area contributed by atoms with Gasteiger partial charge in [0.2, 0.25) is 5.91 Å². The predicted molar refractivity (Wildman–Crippen MR) is 223 cm³/mol. The number of carbonyl (C=O) groups excluding carboxylic acids is 3. The molecule has 4 aromatic rings. The van der Waals surface area contributed by atoms with Crippen LogP contribution in [0.2, 0.25) is 0 Å². The van der Waals surface area contributed by atoms with Gasteiger partial charge in [0, 0.05) is 31.2 Å². The van der Waals surface area contributed by atoms with Gasteiger partial charge in [-0.1, -0.05) is 142 Å². The minimum absolute atomic E-state index is 0.155.